The van der Waals surface area contributed by atoms with Crippen LogP contribution in [-0.2, 0) is 14.3 Å². The fourth-order valence-corrected chi connectivity index (χ4v) is 0.769. The lowest BCUT2D eigenvalue weighted by atomic mass is 10.2. The molecule has 1 rings (SSSR count). The first-order chi connectivity index (χ1) is 5.57. The molecule has 0 aromatic heterocycles. The standard InChI is InChI=1S/C6H6O6/c7-1-2(8)5-3(9)4(10)6(11)12-5/h1-2,5,8-10H. The van der Waals surface area contributed by atoms with Crippen LogP contribution in [0.1, 0.15) is 0 Å². The summed E-state index contributed by atoms with van der Waals surface area (Å²) in [5, 5.41) is 26.4. The van der Waals surface area contributed by atoms with Crippen LogP contribution in [0.25, 0.3) is 0 Å². The lowest BCUT2D eigenvalue weighted by Crippen LogP contribution is -2.29. The van der Waals surface area contributed by atoms with E-state index in [0.717, 1.165) is 0 Å². The van der Waals surface area contributed by atoms with Gasteiger partial charge in [0.2, 0.25) is 5.76 Å². The maximum atomic E-state index is 10.5. The molecular formula is C6H6O6. The number of esters is 1. The molecule has 1 aliphatic heterocycles. The SMILES string of the molecule is O=CC(O)C1OC(=O)C(O)=C1O. The smallest absolute Gasteiger partial charge is 0.378 e. The molecule has 1 aliphatic rings. The van der Waals surface area contributed by atoms with Gasteiger partial charge in [-0.3, -0.25) is 0 Å². The van der Waals surface area contributed by atoms with E-state index in [9.17, 15) is 9.59 Å². The summed E-state index contributed by atoms with van der Waals surface area (Å²) in [5.74, 6) is -2.95. The van der Waals surface area contributed by atoms with Crippen LogP contribution < -0.4 is 0 Å². The van der Waals surface area contributed by atoms with Crippen molar-refractivity contribution < 1.29 is 29.6 Å². The second-order valence-electron chi connectivity index (χ2n) is 2.19. The number of hydrogen-bond donors (Lipinski definition) is 3. The first-order valence-electron chi connectivity index (χ1n) is 3.04. The first kappa shape index (κ1) is 8.54. The van der Waals surface area contributed by atoms with Crippen molar-refractivity contribution in [2.75, 3.05) is 0 Å². The Morgan fingerprint density at radius 3 is 2.42 bits per heavy atom. The van der Waals surface area contributed by atoms with Crippen molar-refractivity contribution >= 4 is 12.3 Å². The Morgan fingerprint density at radius 1 is 1.50 bits per heavy atom. The third kappa shape index (κ3) is 1.12. The van der Waals surface area contributed by atoms with Gasteiger partial charge in [0.05, 0.1) is 0 Å². The molecule has 0 saturated heterocycles. The van der Waals surface area contributed by atoms with Crippen LogP contribution in [0.3, 0.4) is 0 Å². The fourth-order valence-electron chi connectivity index (χ4n) is 0.769. The maximum Gasteiger partial charge on any atom is 0.378 e. The van der Waals surface area contributed by atoms with Gasteiger partial charge in [-0.05, 0) is 0 Å². The predicted molar refractivity (Wildman–Crippen MR) is 34.2 cm³/mol. The highest BCUT2D eigenvalue weighted by Gasteiger charge is 2.38. The molecule has 1 heterocycles. The molecular weight excluding hydrogens is 168 g/mol. The number of aliphatic hydroxyl groups is 3. The fraction of sp³-hybridized carbons (Fsp3) is 0.333. The quantitative estimate of drug-likeness (QED) is 0.358. The Balaban J connectivity index is 2.86. The molecule has 0 aromatic rings. The van der Waals surface area contributed by atoms with E-state index in [-0.39, 0.29) is 6.29 Å². The zero-order chi connectivity index (χ0) is 9.30. The Hall–Kier alpha value is -1.56. The number of cyclic esters (lactones) is 1. The first-order valence-corrected chi connectivity index (χ1v) is 3.04. The number of rotatable bonds is 2. The number of hydrogen-bond acceptors (Lipinski definition) is 6. The predicted octanol–water partition coefficient (Wildman–Crippen LogP) is -1.20. The van der Waals surface area contributed by atoms with Crippen LogP contribution >= 0.6 is 0 Å². The Morgan fingerprint density at radius 2 is 2.08 bits per heavy atom. The van der Waals surface area contributed by atoms with Crippen molar-refractivity contribution in [3.05, 3.63) is 11.5 Å². The van der Waals surface area contributed by atoms with Crippen molar-refractivity contribution in [2.45, 2.75) is 12.2 Å². The molecule has 2 atom stereocenters. The van der Waals surface area contributed by atoms with Crippen molar-refractivity contribution in [1.29, 1.82) is 0 Å². The van der Waals surface area contributed by atoms with Gasteiger partial charge in [-0.1, -0.05) is 0 Å². The minimum Gasteiger partial charge on any atom is -0.505 e. The number of ether oxygens (including phenoxy) is 1. The number of carbonyl (C=O) groups excluding carboxylic acids is 2. The maximum absolute atomic E-state index is 10.5. The summed E-state index contributed by atoms with van der Waals surface area (Å²) in [6, 6.07) is 0. The number of carbonyl (C=O) groups is 2. The third-order valence-corrected chi connectivity index (χ3v) is 1.39. The topological polar surface area (TPSA) is 104 Å². The molecule has 0 radical (unpaired) electrons. The highest BCUT2D eigenvalue weighted by atomic mass is 16.6. The minimum atomic E-state index is -1.65. The van der Waals surface area contributed by atoms with Crippen LogP contribution in [0.15, 0.2) is 11.5 Å². The zero-order valence-corrected chi connectivity index (χ0v) is 5.80. The van der Waals surface area contributed by atoms with Crippen molar-refractivity contribution in [2.24, 2.45) is 0 Å². The van der Waals surface area contributed by atoms with Crippen molar-refractivity contribution in [3.8, 4) is 0 Å². The van der Waals surface area contributed by atoms with E-state index in [0.29, 0.717) is 0 Å². The average Bonchev–Trinajstić information content (AvgIpc) is 2.32. The molecule has 3 N–H and O–H groups in total. The van der Waals surface area contributed by atoms with Crippen LogP contribution in [-0.4, -0.2) is 39.8 Å². The molecule has 66 valence electrons. The van der Waals surface area contributed by atoms with Crippen LogP contribution in [0.2, 0.25) is 0 Å². The summed E-state index contributed by atoms with van der Waals surface area (Å²) in [6.45, 7) is 0. The zero-order valence-electron chi connectivity index (χ0n) is 5.80. The van der Waals surface area contributed by atoms with Crippen LogP contribution in [0.4, 0.5) is 0 Å². The second-order valence-corrected chi connectivity index (χ2v) is 2.19. The van der Waals surface area contributed by atoms with E-state index in [1.54, 1.807) is 0 Å². The van der Waals surface area contributed by atoms with Gasteiger partial charge in [0.25, 0.3) is 0 Å². The third-order valence-electron chi connectivity index (χ3n) is 1.39. The van der Waals surface area contributed by atoms with Gasteiger partial charge >= 0.3 is 5.97 Å². The monoisotopic (exact) mass is 174 g/mol. The lowest BCUT2D eigenvalue weighted by Gasteiger charge is -2.10. The summed E-state index contributed by atoms with van der Waals surface area (Å²) < 4.78 is 4.24. The average molecular weight is 174 g/mol. The number of aldehydes is 1. The van der Waals surface area contributed by atoms with Gasteiger partial charge in [0.1, 0.15) is 0 Å². The van der Waals surface area contributed by atoms with E-state index in [4.69, 9.17) is 15.3 Å². The van der Waals surface area contributed by atoms with Gasteiger partial charge < -0.3 is 24.9 Å². The van der Waals surface area contributed by atoms with Crippen LogP contribution in [0, 0.1) is 0 Å². The molecule has 0 saturated carbocycles. The van der Waals surface area contributed by atoms with E-state index < -0.39 is 29.7 Å². The molecule has 0 spiro atoms. The van der Waals surface area contributed by atoms with Crippen LogP contribution in [0.5, 0.6) is 0 Å². The molecule has 0 aromatic carbocycles. The molecule has 2 unspecified atom stereocenters. The van der Waals surface area contributed by atoms with Gasteiger partial charge in [-0.15, -0.1) is 0 Å². The van der Waals surface area contributed by atoms with E-state index in [1.165, 1.54) is 0 Å². The highest BCUT2D eigenvalue weighted by molar-refractivity contribution is 5.89. The molecule has 0 amide bonds. The Bertz CT molecular complexity index is 255. The Kier molecular flexibility index (Phi) is 2.01. The van der Waals surface area contributed by atoms with Gasteiger partial charge in [0, 0.05) is 0 Å². The summed E-state index contributed by atoms with van der Waals surface area (Å²) in [4.78, 5) is 20.5. The molecule has 0 fully saturated rings. The lowest BCUT2D eigenvalue weighted by molar-refractivity contribution is -0.147. The molecule has 6 heteroatoms. The van der Waals surface area contributed by atoms with Gasteiger partial charge in [0.15, 0.2) is 24.3 Å². The molecule has 0 aliphatic carbocycles. The van der Waals surface area contributed by atoms with Gasteiger partial charge in [-0.2, -0.15) is 0 Å². The van der Waals surface area contributed by atoms with Crippen molar-refractivity contribution in [1.82, 2.24) is 0 Å². The molecule has 12 heavy (non-hydrogen) atoms. The van der Waals surface area contributed by atoms with Gasteiger partial charge in [-0.25, -0.2) is 4.79 Å². The van der Waals surface area contributed by atoms with E-state index in [2.05, 4.69) is 4.74 Å². The molecule has 0 bridgehead atoms. The number of aliphatic hydroxyl groups excluding tert-OH is 3. The normalized spacial score (nSPS) is 25.4. The van der Waals surface area contributed by atoms with E-state index >= 15 is 0 Å². The summed E-state index contributed by atoms with van der Waals surface area (Å²) in [6.07, 6.45) is -3.04. The minimum absolute atomic E-state index is 0.0900. The summed E-state index contributed by atoms with van der Waals surface area (Å²) in [7, 11) is 0. The van der Waals surface area contributed by atoms with Crippen molar-refractivity contribution in [3.63, 3.8) is 0 Å². The van der Waals surface area contributed by atoms with E-state index in [1.807, 2.05) is 0 Å². The Labute approximate surface area is 66.7 Å². The largest absolute Gasteiger partial charge is 0.505 e. The highest BCUT2D eigenvalue weighted by Crippen LogP contribution is 2.20. The summed E-state index contributed by atoms with van der Waals surface area (Å²) >= 11 is 0. The second kappa shape index (κ2) is 2.82. The summed E-state index contributed by atoms with van der Waals surface area (Å²) in [5.41, 5.74) is 0. The molecule has 6 nitrogen and oxygen atoms in total.